The summed E-state index contributed by atoms with van der Waals surface area (Å²) in [6.07, 6.45) is 4.77. The molecule has 0 saturated heterocycles. The number of hydrogen-bond donors (Lipinski definition) is 0. The molecule has 3 heterocycles. The van der Waals surface area contributed by atoms with E-state index in [4.69, 9.17) is 0 Å². The van der Waals surface area contributed by atoms with Gasteiger partial charge in [-0.1, -0.05) is 6.07 Å². The molecule has 4 rings (SSSR count). The van der Waals surface area contributed by atoms with Gasteiger partial charge in [0.2, 0.25) is 0 Å². The highest BCUT2D eigenvalue weighted by Crippen LogP contribution is 2.26. The van der Waals surface area contributed by atoms with E-state index in [2.05, 4.69) is 15.1 Å². The quantitative estimate of drug-likeness (QED) is 0.530. The maximum absolute atomic E-state index is 13.5. The fraction of sp³-hybridized carbons (Fsp3) is 0.0556. The van der Waals surface area contributed by atoms with Crippen LogP contribution >= 0.6 is 0 Å². The van der Waals surface area contributed by atoms with Crippen LogP contribution in [0.1, 0.15) is 5.69 Å². The van der Waals surface area contributed by atoms with Crippen LogP contribution in [-0.4, -0.2) is 19.7 Å². The number of nitrogens with zero attached hydrogens (tertiary/aromatic N) is 4. The Labute approximate surface area is 140 Å². The van der Waals surface area contributed by atoms with Gasteiger partial charge in [-0.2, -0.15) is 5.10 Å². The fourth-order valence-electron chi connectivity index (χ4n) is 2.61. The van der Waals surface area contributed by atoms with Gasteiger partial charge in [-0.25, -0.2) is 13.2 Å². The van der Waals surface area contributed by atoms with Gasteiger partial charge in [0.1, 0.15) is 5.52 Å². The fourth-order valence-corrected chi connectivity index (χ4v) is 2.61. The Morgan fingerprint density at radius 3 is 2.40 bits per heavy atom. The number of rotatable bonds is 3. The Morgan fingerprint density at radius 2 is 1.68 bits per heavy atom. The second-order valence-corrected chi connectivity index (χ2v) is 5.51. The van der Waals surface area contributed by atoms with Gasteiger partial charge in [-0.15, -0.1) is 0 Å². The summed E-state index contributed by atoms with van der Waals surface area (Å²) in [6.45, 7) is 0.432. The molecule has 0 fully saturated rings. The lowest BCUT2D eigenvalue weighted by Crippen LogP contribution is -2.03. The predicted molar refractivity (Wildman–Crippen MR) is 86.2 cm³/mol. The van der Waals surface area contributed by atoms with Gasteiger partial charge in [0, 0.05) is 18.0 Å². The van der Waals surface area contributed by atoms with E-state index in [0.717, 1.165) is 17.8 Å². The molecule has 0 saturated carbocycles. The normalized spacial score (nSPS) is 11.2. The molecular weight excluding hydrogens is 329 g/mol. The minimum atomic E-state index is -1.49. The monoisotopic (exact) mass is 340 g/mol. The average molecular weight is 340 g/mol. The highest BCUT2D eigenvalue weighted by Gasteiger charge is 2.13. The van der Waals surface area contributed by atoms with Crippen LogP contribution in [0.25, 0.3) is 22.2 Å². The van der Waals surface area contributed by atoms with Crippen molar-refractivity contribution >= 4 is 11.0 Å². The molecule has 7 heteroatoms. The zero-order valence-corrected chi connectivity index (χ0v) is 12.8. The molecule has 0 aliphatic rings. The van der Waals surface area contributed by atoms with Gasteiger partial charge >= 0.3 is 0 Å². The first-order chi connectivity index (χ1) is 12.1. The van der Waals surface area contributed by atoms with Crippen LogP contribution in [0.5, 0.6) is 0 Å². The molecule has 4 aromatic rings. The van der Waals surface area contributed by atoms with Gasteiger partial charge in [0.05, 0.1) is 24.0 Å². The maximum atomic E-state index is 13.5. The van der Waals surface area contributed by atoms with Crippen molar-refractivity contribution in [3.8, 4) is 11.1 Å². The lowest BCUT2D eigenvalue weighted by Gasteiger charge is -2.06. The van der Waals surface area contributed by atoms with Crippen LogP contribution in [0.2, 0.25) is 0 Å². The van der Waals surface area contributed by atoms with Crippen molar-refractivity contribution in [2.75, 3.05) is 0 Å². The second-order valence-electron chi connectivity index (χ2n) is 5.51. The van der Waals surface area contributed by atoms with Crippen molar-refractivity contribution in [1.82, 2.24) is 19.7 Å². The summed E-state index contributed by atoms with van der Waals surface area (Å²) in [7, 11) is 0. The molecule has 0 radical (unpaired) electrons. The highest BCUT2D eigenvalue weighted by molar-refractivity contribution is 5.80. The molecule has 0 atom stereocenters. The van der Waals surface area contributed by atoms with Gasteiger partial charge in [0.25, 0.3) is 0 Å². The first kappa shape index (κ1) is 15.3. The molecule has 124 valence electrons. The van der Waals surface area contributed by atoms with E-state index < -0.39 is 17.5 Å². The molecule has 0 unspecified atom stereocenters. The van der Waals surface area contributed by atoms with Gasteiger partial charge < -0.3 is 0 Å². The number of halogens is 3. The Balaban J connectivity index is 1.78. The Kier molecular flexibility index (Phi) is 3.68. The predicted octanol–water partition coefficient (Wildman–Crippen LogP) is 3.96. The first-order valence-electron chi connectivity index (χ1n) is 7.48. The Bertz CT molecular complexity index is 1040. The third kappa shape index (κ3) is 2.84. The summed E-state index contributed by atoms with van der Waals surface area (Å²) in [5, 5.41) is 4.28. The van der Waals surface area contributed by atoms with Crippen molar-refractivity contribution in [3.05, 3.63) is 78.1 Å². The van der Waals surface area contributed by atoms with Gasteiger partial charge in [0.15, 0.2) is 17.5 Å². The van der Waals surface area contributed by atoms with Crippen LogP contribution in [0.15, 0.2) is 55.0 Å². The molecule has 25 heavy (non-hydrogen) atoms. The second kappa shape index (κ2) is 6.01. The summed E-state index contributed by atoms with van der Waals surface area (Å²) in [5.41, 5.74) is 2.82. The summed E-state index contributed by atoms with van der Waals surface area (Å²) in [4.78, 5) is 8.51. The zero-order valence-electron chi connectivity index (χ0n) is 12.8. The third-order valence-electron chi connectivity index (χ3n) is 3.85. The first-order valence-corrected chi connectivity index (χ1v) is 7.48. The molecule has 0 N–H and O–H groups in total. The molecular formula is C18H11F3N4. The minimum Gasteiger partial charge on any atom is -0.259 e. The molecule has 0 bridgehead atoms. The van der Waals surface area contributed by atoms with Crippen LogP contribution in [0.3, 0.4) is 0 Å². The maximum Gasteiger partial charge on any atom is 0.194 e. The van der Waals surface area contributed by atoms with Crippen LogP contribution in [0.4, 0.5) is 13.2 Å². The van der Waals surface area contributed by atoms with E-state index >= 15 is 0 Å². The van der Waals surface area contributed by atoms with Crippen LogP contribution in [0, 0.1) is 17.5 Å². The largest absolute Gasteiger partial charge is 0.259 e. The minimum absolute atomic E-state index is 0.205. The van der Waals surface area contributed by atoms with E-state index in [9.17, 15) is 13.2 Å². The van der Waals surface area contributed by atoms with E-state index in [1.165, 1.54) is 6.20 Å². The van der Waals surface area contributed by atoms with Crippen molar-refractivity contribution in [1.29, 1.82) is 0 Å². The molecule has 0 aliphatic carbocycles. The number of benzene rings is 1. The molecule has 0 amide bonds. The van der Waals surface area contributed by atoms with E-state index in [1.807, 2.05) is 18.2 Å². The Morgan fingerprint density at radius 1 is 0.880 bits per heavy atom. The summed E-state index contributed by atoms with van der Waals surface area (Å²) < 4.78 is 41.8. The van der Waals surface area contributed by atoms with Crippen molar-refractivity contribution in [3.63, 3.8) is 0 Å². The van der Waals surface area contributed by atoms with Crippen molar-refractivity contribution < 1.29 is 13.2 Å². The standard InChI is InChI=1S/C18H11F3N4/c19-14-5-11(6-15(20)18(14)21)12-7-17-16(23-8-12)9-24-25(17)10-13-3-1-2-4-22-13/h1-9H,10H2. The van der Waals surface area contributed by atoms with E-state index in [1.54, 1.807) is 23.1 Å². The van der Waals surface area contributed by atoms with Crippen molar-refractivity contribution in [2.45, 2.75) is 6.54 Å². The summed E-state index contributed by atoms with van der Waals surface area (Å²) in [5.74, 6) is -3.97. The number of fused-ring (bicyclic) bond motifs is 1. The summed E-state index contributed by atoms with van der Waals surface area (Å²) in [6, 6.07) is 9.17. The topological polar surface area (TPSA) is 43.6 Å². The molecule has 4 nitrogen and oxygen atoms in total. The average Bonchev–Trinajstić information content (AvgIpc) is 3.02. The number of aromatic nitrogens is 4. The van der Waals surface area contributed by atoms with E-state index in [-0.39, 0.29) is 5.56 Å². The zero-order chi connectivity index (χ0) is 17.4. The molecule has 0 aliphatic heterocycles. The van der Waals surface area contributed by atoms with Gasteiger partial charge in [-0.05, 0) is 35.9 Å². The number of pyridine rings is 2. The van der Waals surface area contributed by atoms with Crippen LogP contribution in [-0.2, 0) is 6.54 Å². The summed E-state index contributed by atoms with van der Waals surface area (Å²) >= 11 is 0. The molecule has 1 aromatic carbocycles. The highest BCUT2D eigenvalue weighted by atomic mass is 19.2. The van der Waals surface area contributed by atoms with E-state index in [0.29, 0.717) is 23.1 Å². The molecule has 0 spiro atoms. The van der Waals surface area contributed by atoms with Gasteiger partial charge in [-0.3, -0.25) is 14.6 Å². The lowest BCUT2D eigenvalue weighted by molar-refractivity contribution is 0.447. The molecule has 3 aromatic heterocycles. The third-order valence-corrected chi connectivity index (χ3v) is 3.85. The number of hydrogen-bond acceptors (Lipinski definition) is 3. The Hall–Kier alpha value is -3.22. The SMILES string of the molecule is Fc1cc(-c2cnc3cnn(Cc4ccccn4)c3c2)cc(F)c1F. The van der Waals surface area contributed by atoms with Crippen LogP contribution < -0.4 is 0 Å². The van der Waals surface area contributed by atoms with Crippen molar-refractivity contribution in [2.24, 2.45) is 0 Å². The lowest BCUT2D eigenvalue weighted by atomic mass is 10.1. The smallest absolute Gasteiger partial charge is 0.194 e.